The topological polar surface area (TPSA) is 12.0 Å². The highest BCUT2D eigenvalue weighted by Crippen LogP contribution is 2.03. The largest absolute Gasteiger partial charge is 0.302 e. The summed E-state index contributed by atoms with van der Waals surface area (Å²) in [7, 11) is 0. The summed E-state index contributed by atoms with van der Waals surface area (Å²) in [6.45, 7) is 7.36. The second kappa shape index (κ2) is 6.97. The summed E-state index contributed by atoms with van der Waals surface area (Å²) in [5.74, 6) is 2.73. The zero-order valence-corrected chi connectivity index (χ0v) is 9.32. The average Bonchev–Trinajstić information content (AvgIpc) is 2.11. The van der Waals surface area contributed by atoms with Crippen molar-refractivity contribution in [1.82, 2.24) is 5.32 Å². The molecule has 0 aliphatic heterocycles. The highest BCUT2D eigenvalue weighted by molar-refractivity contribution is 5.07. The van der Waals surface area contributed by atoms with E-state index in [2.05, 4.69) is 18.2 Å². The van der Waals surface area contributed by atoms with Crippen LogP contribution in [0.25, 0.3) is 0 Å². The summed E-state index contributed by atoms with van der Waals surface area (Å²) >= 11 is 0. The Morgan fingerprint density at radius 2 is 1.77 bits per heavy atom. The van der Waals surface area contributed by atoms with E-state index in [9.17, 15) is 0 Å². The predicted molar refractivity (Wildman–Crippen MR) is 59.7 cm³/mol. The number of nitrogens with one attached hydrogen (secondary N) is 1. The molecule has 13 heavy (non-hydrogen) atoms. The molecule has 0 aromatic heterocycles. The molecule has 1 nitrogen and oxygen atoms in total. The van der Waals surface area contributed by atoms with Gasteiger partial charge in [-0.25, -0.2) is 0 Å². The van der Waals surface area contributed by atoms with Gasteiger partial charge in [-0.3, -0.25) is 0 Å². The van der Waals surface area contributed by atoms with Crippen molar-refractivity contribution in [3.05, 3.63) is 0 Å². The second-order valence-electron chi connectivity index (χ2n) is 4.11. The summed E-state index contributed by atoms with van der Waals surface area (Å²) < 4.78 is 0. The van der Waals surface area contributed by atoms with Crippen molar-refractivity contribution in [3.8, 4) is 12.3 Å². The quantitative estimate of drug-likeness (QED) is 0.470. The second-order valence-corrected chi connectivity index (χ2v) is 4.11. The molecule has 1 heteroatoms. The number of hydrogen-bond acceptors (Lipinski definition) is 1. The molecule has 0 saturated heterocycles. The molecule has 0 heterocycles. The van der Waals surface area contributed by atoms with Gasteiger partial charge in [0.05, 0.1) is 5.54 Å². The molecule has 0 spiro atoms. The first-order valence-electron chi connectivity index (χ1n) is 5.35. The smallest absolute Gasteiger partial charge is 0.0741 e. The monoisotopic (exact) mass is 181 g/mol. The Morgan fingerprint density at radius 3 is 2.31 bits per heavy atom. The van der Waals surface area contributed by atoms with E-state index in [1.54, 1.807) is 0 Å². The van der Waals surface area contributed by atoms with Crippen LogP contribution in [0.3, 0.4) is 0 Å². The summed E-state index contributed by atoms with van der Waals surface area (Å²) in [6, 6.07) is 0. The van der Waals surface area contributed by atoms with E-state index in [1.807, 2.05) is 13.8 Å². The zero-order valence-electron chi connectivity index (χ0n) is 9.32. The Kier molecular flexibility index (Phi) is 6.72. The van der Waals surface area contributed by atoms with Crippen LogP contribution in [0.1, 0.15) is 52.9 Å². The Labute approximate surface area is 83.3 Å². The third-order valence-corrected chi connectivity index (χ3v) is 2.21. The van der Waals surface area contributed by atoms with Crippen LogP contribution >= 0.6 is 0 Å². The normalized spacial score (nSPS) is 11.2. The fourth-order valence-corrected chi connectivity index (χ4v) is 1.18. The van der Waals surface area contributed by atoms with Crippen LogP contribution in [0.2, 0.25) is 0 Å². The third-order valence-electron chi connectivity index (χ3n) is 2.21. The SMILES string of the molecule is C#CC(C)(C)NCCCCCCC. The minimum atomic E-state index is -0.134. The molecular formula is C12H23N. The van der Waals surface area contributed by atoms with Crippen molar-refractivity contribution in [1.29, 1.82) is 0 Å². The van der Waals surface area contributed by atoms with Crippen molar-refractivity contribution < 1.29 is 0 Å². The molecule has 0 unspecified atom stereocenters. The molecule has 1 N–H and O–H groups in total. The number of hydrogen-bond donors (Lipinski definition) is 1. The van der Waals surface area contributed by atoms with E-state index in [0.717, 1.165) is 6.54 Å². The van der Waals surface area contributed by atoms with E-state index < -0.39 is 0 Å². The van der Waals surface area contributed by atoms with Gasteiger partial charge in [-0.1, -0.05) is 38.5 Å². The molecule has 0 rings (SSSR count). The number of unbranched alkanes of at least 4 members (excludes halogenated alkanes) is 4. The van der Waals surface area contributed by atoms with Crippen LogP contribution in [-0.2, 0) is 0 Å². The molecule has 0 aromatic carbocycles. The minimum absolute atomic E-state index is 0.134. The van der Waals surface area contributed by atoms with E-state index in [4.69, 9.17) is 6.42 Å². The molecule has 0 aromatic rings. The maximum Gasteiger partial charge on any atom is 0.0741 e. The van der Waals surface area contributed by atoms with Gasteiger partial charge in [0.2, 0.25) is 0 Å². The van der Waals surface area contributed by atoms with Gasteiger partial charge in [-0.15, -0.1) is 6.42 Å². The molecule has 76 valence electrons. The summed E-state index contributed by atoms with van der Waals surface area (Å²) in [4.78, 5) is 0. The van der Waals surface area contributed by atoms with E-state index in [0.29, 0.717) is 0 Å². The van der Waals surface area contributed by atoms with E-state index in [1.165, 1.54) is 32.1 Å². The summed E-state index contributed by atoms with van der Waals surface area (Å²) in [6.07, 6.45) is 11.9. The third kappa shape index (κ3) is 7.87. The van der Waals surface area contributed by atoms with Gasteiger partial charge in [0.25, 0.3) is 0 Å². The van der Waals surface area contributed by atoms with Crippen molar-refractivity contribution in [2.45, 2.75) is 58.4 Å². The highest BCUT2D eigenvalue weighted by atomic mass is 14.9. The standard InChI is InChI=1S/C12H23N/c1-5-7-8-9-10-11-13-12(3,4)6-2/h2,13H,5,7-11H2,1,3-4H3. The van der Waals surface area contributed by atoms with Crippen molar-refractivity contribution in [2.75, 3.05) is 6.54 Å². The molecule has 0 bridgehead atoms. The molecular weight excluding hydrogens is 158 g/mol. The molecule has 0 amide bonds. The van der Waals surface area contributed by atoms with Gasteiger partial charge in [0.1, 0.15) is 0 Å². The minimum Gasteiger partial charge on any atom is -0.302 e. The van der Waals surface area contributed by atoms with Crippen LogP contribution in [-0.4, -0.2) is 12.1 Å². The molecule has 0 aliphatic carbocycles. The Hall–Kier alpha value is -0.480. The van der Waals surface area contributed by atoms with Gasteiger partial charge >= 0.3 is 0 Å². The Bertz CT molecular complexity index is 153. The number of terminal acetylenes is 1. The fraction of sp³-hybridized carbons (Fsp3) is 0.833. The first-order chi connectivity index (χ1) is 6.12. The lowest BCUT2D eigenvalue weighted by Gasteiger charge is -2.19. The van der Waals surface area contributed by atoms with E-state index in [-0.39, 0.29) is 5.54 Å². The van der Waals surface area contributed by atoms with Crippen LogP contribution in [0.15, 0.2) is 0 Å². The van der Waals surface area contributed by atoms with Crippen molar-refractivity contribution in [3.63, 3.8) is 0 Å². The molecule has 0 saturated carbocycles. The maximum atomic E-state index is 5.36. The lowest BCUT2D eigenvalue weighted by atomic mass is 10.1. The zero-order chi connectivity index (χ0) is 10.2. The molecule has 0 radical (unpaired) electrons. The van der Waals surface area contributed by atoms with Crippen LogP contribution < -0.4 is 5.32 Å². The Balaban J connectivity index is 3.22. The first-order valence-corrected chi connectivity index (χ1v) is 5.35. The van der Waals surface area contributed by atoms with Crippen LogP contribution in [0.4, 0.5) is 0 Å². The number of rotatable bonds is 7. The molecule has 0 atom stereocenters. The molecule has 0 fully saturated rings. The van der Waals surface area contributed by atoms with Crippen molar-refractivity contribution in [2.24, 2.45) is 0 Å². The Morgan fingerprint density at radius 1 is 1.15 bits per heavy atom. The lowest BCUT2D eigenvalue weighted by Crippen LogP contribution is -2.38. The van der Waals surface area contributed by atoms with Gasteiger partial charge in [0.15, 0.2) is 0 Å². The van der Waals surface area contributed by atoms with Gasteiger partial charge < -0.3 is 5.32 Å². The fourth-order valence-electron chi connectivity index (χ4n) is 1.18. The van der Waals surface area contributed by atoms with E-state index >= 15 is 0 Å². The van der Waals surface area contributed by atoms with Gasteiger partial charge in [-0.2, -0.15) is 0 Å². The maximum absolute atomic E-state index is 5.36. The van der Waals surface area contributed by atoms with Crippen molar-refractivity contribution >= 4 is 0 Å². The first kappa shape index (κ1) is 12.5. The van der Waals surface area contributed by atoms with Gasteiger partial charge in [-0.05, 0) is 26.8 Å². The molecule has 0 aliphatic rings. The van der Waals surface area contributed by atoms with Gasteiger partial charge in [0, 0.05) is 0 Å². The van der Waals surface area contributed by atoms with Crippen LogP contribution in [0.5, 0.6) is 0 Å². The average molecular weight is 181 g/mol. The lowest BCUT2D eigenvalue weighted by molar-refractivity contribution is 0.472. The summed E-state index contributed by atoms with van der Waals surface area (Å²) in [5.41, 5.74) is -0.134. The highest BCUT2D eigenvalue weighted by Gasteiger charge is 2.10. The van der Waals surface area contributed by atoms with Crippen LogP contribution in [0, 0.1) is 12.3 Å². The summed E-state index contributed by atoms with van der Waals surface area (Å²) in [5, 5.41) is 3.35. The predicted octanol–water partition coefficient (Wildman–Crippen LogP) is 2.96.